The van der Waals surface area contributed by atoms with Gasteiger partial charge < -0.3 is 9.73 Å². The van der Waals surface area contributed by atoms with Crippen molar-refractivity contribution < 1.29 is 24.5 Å². The van der Waals surface area contributed by atoms with Crippen LogP contribution in [0.5, 0.6) is 0 Å². The van der Waals surface area contributed by atoms with Crippen molar-refractivity contribution in [2.24, 2.45) is 22.2 Å². The molecule has 5 heteroatoms. The molecular formula is C57H81IrN3O-2. The molecule has 6 rings (SSSR count). The topological polar surface area (TPSA) is 52.5 Å². The number of nitrogens with zero attached hydrogens (tertiary/aromatic N) is 3. The predicted molar refractivity (Wildman–Crippen MR) is 268 cm³/mol. The van der Waals surface area contributed by atoms with Crippen LogP contribution in [0.15, 0.2) is 69.8 Å². The van der Waals surface area contributed by atoms with Crippen molar-refractivity contribution in [2.45, 2.75) is 198 Å². The second kappa shape index (κ2) is 20.3. The van der Waals surface area contributed by atoms with Gasteiger partial charge in [-0.15, -0.1) is 35.2 Å². The molecule has 0 unspecified atom stereocenters. The van der Waals surface area contributed by atoms with Crippen LogP contribution in [0, 0.1) is 23.3 Å². The van der Waals surface area contributed by atoms with E-state index < -0.39 is 0 Å². The summed E-state index contributed by atoms with van der Waals surface area (Å²) in [4.78, 5) is 9.83. The maximum Gasteiger partial charge on any atom is 0.138 e. The number of rotatable bonds is 12. The molecule has 1 radical (unpaired) electrons. The van der Waals surface area contributed by atoms with Crippen LogP contribution in [-0.2, 0) is 42.8 Å². The van der Waals surface area contributed by atoms with Gasteiger partial charge >= 0.3 is 0 Å². The van der Waals surface area contributed by atoms with E-state index in [4.69, 9.17) is 19.7 Å². The van der Waals surface area contributed by atoms with Gasteiger partial charge in [0.25, 0.3) is 0 Å². The Kier molecular flexibility index (Phi) is 16.8. The Labute approximate surface area is 391 Å². The first-order valence-electron chi connectivity index (χ1n) is 23.8. The van der Waals surface area contributed by atoms with Gasteiger partial charge in [0.2, 0.25) is 0 Å². The van der Waals surface area contributed by atoms with E-state index in [1.165, 1.54) is 50.9 Å². The van der Waals surface area contributed by atoms with Gasteiger partial charge in [-0.3, -0.25) is 9.98 Å². The van der Waals surface area contributed by atoms with Crippen LogP contribution in [-0.4, -0.2) is 22.8 Å². The zero-order valence-electron chi connectivity index (χ0n) is 42.0. The molecule has 5 aromatic rings. The fourth-order valence-electron chi connectivity index (χ4n) is 9.75. The van der Waals surface area contributed by atoms with E-state index in [2.05, 4.69) is 179 Å². The normalized spacial score (nSPS) is 15.7. The van der Waals surface area contributed by atoms with Gasteiger partial charge in [-0.2, -0.15) is 5.70 Å². The summed E-state index contributed by atoms with van der Waals surface area (Å²) in [5, 5.41) is 9.64. The zero-order valence-corrected chi connectivity index (χ0v) is 44.4. The van der Waals surface area contributed by atoms with Crippen molar-refractivity contribution in [1.82, 2.24) is 4.98 Å². The van der Waals surface area contributed by atoms with Crippen LogP contribution in [0.4, 0.5) is 0 Å². The third kappa shape index (κ3) is 11.5. The van der Waals surface area contributed by atoms with Gasteiger partial charge in [0.15, 0.2) is 0 Å². The van der Waals surface area contributed by atoms with Gasteiger partial charge in [-0.25, -0.2) is 0 Å². The minimum absolute atomic E-state index is 0. The van der Waals surface area contributed by atoms with E-state index in [-0.39, 0.29) is 41.8 Å². The van der Waals surface area contributed by atoms with Crippen LogP contribution in [0.2, 0.25) is 0 Å². The van der Waals surface area contributed by atoms with Crippen LogP contribution in [0.3, 0.4) is 0 Å². The predicted octanol–water partition coefficient (Wildman–Crippen LogP) is 17.2. The van der Waals surface area contributed by atoms with E-state index in [1.54, 1.807) is 0 Å². The molecule has 0 fully saturated rings. The summed E-state index contributed by atoms with van der Waals surface area (Å²) in [6.07, 6.45) is 12.2. The van der Waals surface area contributed by atoms with Crippen molar-refractivity contribution in [2.75, 3.05) is 0 Å². The fourth-order valence-corrected chi connectivity index (χ4v) is 9.75. The first-order chi connectivity index (χ1) is 28.5. The molecule has 0 spiro atoms. The molecule has 3 aromatic carbocycles. The fraction of sp³-hybridized carbons (Fsp3) is 0.579. The Hall–Kier alpha value is -3.27. The number of pyridine rings is 1. The molecule has 0 atom stereocenters. The van der Waals surface area contributed by atoms with Gasteiger partial charge in [-0.05, 0) is 96.8 Å². The average molecular weight is 1020 g/mol. The number of hydrogen-bond acceptors (Lipinski definition) is 3. The van der Waals surface area contributed by atoms with Crippen molar-refractivity contribution in [3.8, 4) is 11.3 Å². The molecule has 2 heterocycles. The largest absolute Gasteiger partial charge is 0.685 e. The van der Waals surface area contributed by atoms with Crippen molar-refractivity contribution in [3.05, 3.63) is 94.1 Å². The molecule has 4 nitrogen and oxygen atoms in total. The number of allylic oxidation sites excluding steroid dienone is 2. The average Bonchev–Trinajstić information content (AvgIpc) is 3.54. The van der Waals surface area contributed by atoms with Crippen LogP contribution < -0.4 is 0 Å². The Balaban J connectivity index is 0.000000329. The molecule has 0 saturated carbocycles. The third-order valence-corrected chi connectivity index (χ3v) is 13.0. The Morgan fingerprint density at radius 3 is 1.94 bits per heavy atom. The molecule has 0 aliphatic heterocycles. The van der Waals surface area contributed by atoms with Crippen molar-refractivity contribution in [1.29, 1.82) is 0 Å². The van der Waals surface area contributed by atoms with Gasteiger partial charge in [0.1, 0.15) is 11.2 Å². The van der Waals surface area contributed by atoms with E-state index >= 15 is 0 Å². The summed E-state index contributed by atoms with van der Waals surface area (Å²) in [5.74, 6) is 1.11. The molecular weight excluding hydrogens is 935 g/mol. The molecule has 1 aliphatic rings. The van der Waals surface area contributed by atoms with Crippen LogP contribution in [0.25, 0.3) is 49.3 Å². The summed E-state index contributed by atoms with van der Waals surface area (Å²) in [6.45, 7) is 41.2. The van der Waals surface area contributed by atoms with Crippen molar-refractivity contribution in [3.63, 3.8) is 0 Å². The first kappa shape index (κ1) is 51.4. The minimum Gasteiger partial charge on any atom is -0.685 e. The SMILES string of the molecule is CC(C)(C)Cc1cc2c(oc3c(-c4[c-]c5ccccc5c(C(C)(C)C)c4)nccc32)c2c1C(C)(C)CCC2(C)C.CCC(CC)C(/C=C(\[N-]C(C)C)C(CC)CC)=NC(C)C.[Ir]. The van der Waals surface area contributed by atoms with Crippen LogP contribution in [0.1, 0.15) is 185 Å². The number of aromatic nitrogens is 1. The number of furan rings is 1. The molecule has 341 valence electrons. The number of aliphatic imine (C=N–C) groups is 1. The number of hydrogen-bond donors (Lipinski definition) is 0. The number of benzene rings is 3. The van der Waals surface area contributed by atoms with Gasteiger partial charge in [0, 0.05) is 66.0 Å². The minimum atomic E-state index is -0.0121. The molecule has 0 bridgehead atoms. The smallest absolute Gasteiger partial charge is 0.138 e. The van der Waals surface area contributed by atoms with E-state index in [0.29, 0.717) is 23.9 Å². The summed E-state index contributed by atoms with van der Waals surface area (Å²) in [5.41, 5.74) is 12.3. The molecule has 1 aliphatic carbocycles. The van der Waals surface area contributed by atoms with E-state index in [1.807, 2.05) is 6.20 Å². The van der Waals surface area contributed by atoms with E-state index in [0.717, 1.165) is 71.7 Å². The Morgan fingerprint density at radius 2 is 1.39 bits per heavy atom. The summed E-state index contributed by atoms with van der Waals surface area (Å²) in [6, 6.07) is 19.8. The first-order valence-corrected chi connectivity index (χ1v) is 23.8. The Bertz CT molecular complexity index is 2350. The monoisotopic (exact) mass is 1020 g/mol. The Morgan fingerprint density at radius 1 is 0.790 bits per heavy atom. The van der Waals surface area contributed by atoms with Gasteiger partial charge in [0.05, 0.1) is 0 Å². The standard InChI is InChI=1S/C38H44NO.C19H37N2.Ir/c1-35(2,3)22-25-20-28-27-15-18-39-32(24-19-23-13-11-12-14-26(23)29(21-24)36(4,5)6)34(27)40-33(28)31-30(25)37(7,8)16-17-38(31,9)10;1-9-16(10-2)18(20-14(5)6)13-19(21-15(7)8)17(11-3)12-4;/h11-15,18,20-21H,16-17,22H2,1-10H3;13-17H,9-12H2,1-8H3;/q2*-1;/b;18-13-,21-19?;. The number of fused-ring (bicyclic) bond motifs is 6. The third-order valence-electron chi connectivity index (χ3n) is 13.0. The maximum atomic E-state index is 7.01. The second-order valence-corrected chi connectivity index (χ2v) is 22.2. The van der Waals surface area contributed by atoms with Crippen LogP contribution >= 0.6 is 0 Å². The molecule has 0 N–H and O–H groups in total. The molecule has 2 aromatic heterocycles. The summed E-state index contributed by atoms with van der Waals surface area (Å²) >= 11 is 0. The van der Waals surface area contributed by atoms with Crippen molar-refractivity contribution >= 4 is 38.4 Å². The molecule has 0 amide bonds. The van der Waals surface area contributed by atoms with Gasteiger partial charge in [-0.1, -0.05) is 159 Å². The summed E-state index contributed by atoms with van der Waals surface area (Å²) < 4.78 is 7.01. The molecule has 62 heavy (non-hydrogen) atoms. The quantitative estimate of drug-likeness (QED) is 0.0924. The second-order valence-electron chi connectivity index (χ2n) is 22.2. The van der Waals surface area contributed by atoms with E-state index in [9.17, 15) is 0 Å². The molecule has 0 saturated heterocycles. The zero-order chi connectivity index (χ0) is 45.2. The maximum absolute atomic E-state index is 7.01. The summed E-state index contributed by atoms with van der Waals surface area (Å²) in [7, 11) is 0.